The van der Waals surface area contributed by atoms with Crippen LogP contribution < -0.4 is 0 Å². The highest BCUT2D eigenvalue weighted by Gasteiger charge is 2.28. The minimum absolute atomic E-state index is 0.262. The van der Waals surface area contributed by atoms with E-state index in [4.69, 9.17) is 0 Å². The van der Waals surface area contributed by atoms with Crippen molar-refractivity contribution in [2.75, 3.05) is 27.2 Å². The molecule has 1 N–H and O–H groups in total. The Kier molecular flexibility index (Phi) is 5.47. The summed E-state index contributed by atoms with van der Waals surface area (Å²) in [7, 11) is 0.225. The summed E-state index contributed by atoms with van der Waals surface area (Å²) in [6, 6.07) is 8.74. The second kappa shape index (κ2) is 7.48. The van der Waals surface area contributed by atoms with E-state index < -0.39 is 16.1 Å². The van der Waals surface area contributed by atoms with E-state index in [2.05, 4.69) is 5.10 Å². The Balaban J connectivity index is 1.85. The fourth-order valence-corrected chi connectivity index (χ4v) is 4.57. The minimum Gasteiger partial charge on any atom is -0.385 e. The van der Waals surface area contributed by atoms with Gasteiger partial charge in [0.1, 0.15) is 6.10 Å². The van der Waals surface area contributed by atoms with Gasteiger partial charge in [0.25, 0.3) is 0 Å². The molecule has 1 aromatic carbocycles. The van der Waals surface area contributed by atoms with Crippen molar-refractivity contribution < 1.29 is 13.5 Å². The Morgan fingerprint density at radius 3 is 2.58 bits per heavy atom. The van der Waals surface area contributed by atoms with Gasteiger partial charge < -0.3 is 10.0 Å². The number of sulfonamides is 1. The number of aryl methyl sites for hydroxylation is 2. The van der Waals surface area contributed by atoms with Crippen LogP contribution in [0.5, 0.6) is 0 Å². The standard InChI is InChI=1S/C18H26N4O3S/c1-14-5-7-16(8-6-14)26(24,25)21-9-4-10-22-15(12-21)11-17(19-22)18(23)13-20(2)3/h5-8,11,18,23H,4,9-10,12-13H2,1-3H3/t18-/m1/s1. The monoisotopic (exact) mass is 378 g/mol. The first-order valence-corrected chi connectivity index (χ1v) is 10.2. The van der Waals surface area contributed by atoms with E-state index in [0.717, 1.165) is 11.3 Å². The van der Waals surface area contributed by atoms with Crippen molar-refractivity contribution in [3.8, 4) is 0 Å². The molecule has 0 spiro atoms. The van der Waals surface area contributed by atoms with Crippen LogP contribution in [0.15, 0.2) is 35.2 Å². The zero-order valence-electron chi connectivity index (χ0n) is 15.5. The van der Waals surface area contributed by atoms with Crippen LogP contribution in [0.4, 0.5) is 0 Å². The van der Waals surface area contributed by atoms with Gasteiger partial charge in [-0.1, -0.05) is 17.7 Å². The van der Waals surface area contributed by atoms with Crippen molar-refractivity contribution in [1.29, 1.82) is 0 Å². The lowest BCUT2D eigenvalue weighted by molar-refractivity contribution is 0.133. The van der Waals surface area contributed by atoms with Crippen LogP contribution in [0.2, 0.25) is 0 Å². The quantitative estimate of drug-likeness (QED) is 0.850. The van der Waals surface area contributed by atoms with E-state index >= 15 is 0 Å². The van der Waals surface area contributed by atoms with E-state index in [0.29, 0.717) is 36.6 Å². The van der Waals surface area contributed by atoms with Gasteiger partial charge in [-0.05, 0) is 45.6 Å². The largest absolute Gasteiger partial charge is 0.385 e. The zero-order chi connectivity index (χ0) is 18.9. The molecule has 0 saturated heterocycles. The summed E-state index contributed by atoms with van der Waals surface area (Å²) < 4.78 is 29.3. The number of aliphatic hydroxyl groups excluding tert-OH is 1. The molecule has 0 aliphatic carbocycles. The van der Waals surface area contributed by atoms with E-state index in [-0.39, 0.29) is 6.54 Å². The van der Waals surface area contributed by atoms with E-state index in [1.54, 1.807) is 12.1 Å². The lowest BCUT2D eigenvalue weighted by Crippen LogP contribution is -2.30. The lowest BCUT2D eigenvalue weighted by Gasteiger charge is -2.19. The van der Waals surface area contributed by atoms with Crippen LogP contribution in [0.3, 0.4) is 0 Å². The van der Waals surface area contributed by atoms with Gasteiger partial charge in [-0.15, -0.1) is 0 Å². The van der Waals surface area contributed by atoms with Gasteiger partial charge in [0.2, 0.25) is 10.0 Å². The van der Waals surface area contributed by atoms with Crippen LogP contribution in [0.25, 0.3) is 0 Å². The number of aromatic nitrogens is 2. The number of likely N-dealkylation sites (N-methyl/N-ethyl adjacent to an activating group) is 1. The first kappa shape index (κ1) is 19.0. The Morgan fingerprint density at radius 1 is 1.23 bits per heavy atom. The molecular weight excluding hydrogens is 352 g/mol. The molecule has 0 unspecified atom stereocenters. The summed E-state index contributed by atoms with van der Waals surface area (Å²) >= 11 is 0. The summed E-state index contributed by atoms with van der Waals surface area (Å²) in [5.74, 6) is 0. The maximum atomic E-state index is 13.0. The van der Waals surface area contributed by atoms with Crippen molar-refractivity contribution in [1.82, 2.24) is 19.0 Å². The predicted octanol–water partition coefficient (Wildman–Crippen LogP) is 1.38. The first-order valence-electron chi connectivity index (χ1n) is 8.73. The van der Waals surface area contributed by atoms with Crippen LogP contribution in [0.1, 0.15) is 29.5 Å². The fraction of sp³-hybridized carbons (Fsp3) is 0.500. The van der Waals surface area contributed by atoms with Gasteiger partial charge in [-0.3, -0.25) is 4.68 Å². The fourth-order valence-electron chi connectivity index (χ4n) is 3.12. The van der Waals surface area contributed by atoms with Gasteiger partial charge in [0, 0.05) is 19.6 Å². The Labute approximate surface area is 154 Å². The summed E-state index contributed by atoms with van der Waals surface area (Å²) in [5, 5.41) is 14.8. The number of fused-ring (bicyclic) bond motifs is 1. The van der Waals surface area contributed by atoms with Crippen LogP contribution in [-0.2, 0) is 23.1 Å². The van der Waals surface area contributed by atoms with Gasteiger partial charge in [0.05, 0.1) is 22.8 Å². The summed E-state index contributed by atoms with van der Waals surface area (Å²) in [6.45, 7) is 3.76. The molecule has 2 aromatic rings. The number of aliphatic hydroxyl groups is 1. The molecule has 8 heteroatoms. The predicted molar refractivity (Wildman–Crippen MR) is 99.1 cm³/mol. The third kappa shape index (κ3) is 3.98. The lowest BCUT2D eigenvalue weighted by atomic mass is 10.2. The molecule has 26 heavy (non-hydrogen) atoms. The highest BCUT2D eigenvalue weighted by atomic mass is 32.2. The number of hydrogen-bond acceptors (Lipinski definition) is 5. The molecule has 1 aromatic heterocycles. The molecule has 0 amide bonds. The van der Waals surface area contributed by atoms with Crippen LogP contribution in [0, 0.1) is 6.92 Å². The average Bonchev–Trinajstić information content (AvgIpc) is 2.86. The number of hydrogen-bond donors (Lipinski definition) is 1. The Morgan fingerprint density at radius 2 is 1.92 bits per heavy atom. The molecule has 0 radical (unpaired) electrons. The molecule has 1 aliphatic rings. The van der Waals surface area contributed by atoms with Gasteiger partial charge in [0.15, 0.2) is 0 Å². The molecule has 1 aliphatic heterocycles. The molecular formula is C18H26N4O3S. The first-order chi connectivity index (χ1) is 12.3. The van der Waals surface area contributed by atoms with Crippen LogP contribution in [-0.4, -0.2) is 59.7 Å². The molecule has 2 heterocycles. The Bertz CT molecular complexity index is 859. The van der Waals surface area contributed by atoms with E-state index in [1.807, 2.05) is 48.8 Å². The summed E-state index contributed by atoms with van der Waals surface area (Å²) in [6.07, 6.45) is -0.00483. The average molecular weight is 378 g/mol. The zero-order valence-corrected chi connectivity index (χ0v) is 16.3. The highest BCUT2D eigenvalue weighted by Crippen LogP contribution is 2.24. The third-order valence-electron chi connectivity index (χ3n) is 4.54. The number of nitrogens with zero attached hydrogens (tertiary/aromatic N) is 4. The number of benzene rings is 1. The normalized spacial score (nSPS) is 17.1. The molecule has 0 bridgehead atoms. The summed E-state index contributed by atoms with van der Waals surface area (Å²) in [5.41, 5.74) is 2.42. The molecule has 0 saturated carbocycles. The van der Waals surface area contributed by atoms with Gasteiger partial charge in [-0.2, -0.15) is 9.40 Å². The maximum absolute atomic E-state index is 13.0. The van der Waals surface area contributed by atoms with Crippen molar-refractivity contribution >= 4 is 10.0 Å². The maximum Gasteiger partial charge on any atom is 0.243 e. The third-order valence-corrected chi connectivity index (χ3v) is 6.40. The second-order valence-corrected chi connectivity index (χ2v) is 9.00. The van der Waals surface area contributed by atoms with Crippen molar-refractivity contribution in [3.05, 3.63) is 47.3 Å². The van der Waals surface area contributed by atoms with Gasteiger partial charge >= 0.3 is 0 Å². The second-order valence-electron chi connectivity index (χ2n) is 7.07. The summed E-state index contributed by atoms with van der Waals surface area (Å²) in [4.78, 5) is 2.20. The number of rotatable bonds is 5. The molecule has 142 valence electrons. The molecule has 1 atom stereocenters. The Hall–Kier alpha value is -1.74. The molecule has 7 nitrogen and oxygen atoms in total. The molecule has 3 rings (SSSR count). The van der Waals surface area contributed by atoms with Crippen molar-refractivity contribution in [3.63, 3.8) is 0 Å². The topological polar surface area (TPSA) is 78.7 Å². The molecule has 0 fully saturated rings. The van der Waals surface area contributed by atoms with E-state index in [1.165, 1.54) is 4.31 Å². The van der Waals surface area contributed by atoms with Crippen molar-refractivity contribution in [2.45, 2.75) is 37.4 Å². The highest BCUT2D eigenvalue weighted by molar-refractivity contribution is 7.89. The van der Waals surface area contributed by atoms with Crippen molar-refractivity contribution in [2.24, 2.45) is 0 Å². The SMILES string of the molecule is Cc1ccc(S(=O)(=O)N2CCCn3nc([C@H](O)CN(C)C)cc3C2)cc1. The van der Waals surface area contributed by atoms with E-state index in [9.17, 15) is 13.5 Å². The van der Waals surface area contributed by atoms with Gasteiger partial charge in [-0.25, -0.2) is 8.42 Å². The van der Waals surface area contributed by atoms with Crippen LogP contribution >= 0.6 is 0 Å². The minimum atomic E-state index is -3.55. The smallest absolute Gasteiger partial charge is 0.243 e.